The van der Waals surface area contributed by atoms with Gasteiger partial charge in [0, 0.05) is 31.6 Å². The van der Waals surface area contributed by atoms with E-state index in [2.05, 4.69) is 29.8 Å². The molecule has 0 aromatic carbocycles. The third kappa shape index (κ3) is 4.49. The van der Waals surface area contributed by atoms with Crippen molar-refractivity contribution in [2.45, 2.75) is 32.3 Å². The van der Waals surface area contributed by atoms with Crippen LogP contribution in [0.4, 0.5) is 4.79 Å². The zero-order valence-electron chi connectivity index (χ0n) is 12.3. The fourth-order valence-electron chi connectivity index (χ4n) is 2.51. The first-order chi connectivity index (χ1) is 9.69. The average Bonchev–Trinajstić information content (AvgIpc) is 2.97. The van der Waals surface area contributed by atoms with Gasteiger partial charge in [0.15, 0.2) is 0 Å². The highest BCUT2D eigenvalue weighted by atomic mass is 32.1. The molecule has 112 valence electrons. The van der Waals surface area contributed by atoms with Crippen LogP contribution < -0.4 is 5.32 Å². The van der Waals surface area contributed by atoms with Crippen LogP contribution in [-0.4, -0.2) is 43.8 Å². The Morgan fingerprint density at radius 3 is 2.90 bits per heavy atom. The Balaban J connectivity index is 1.67. The number of likely N-dealkylation sites (tertiary alicyclic amines) is 1. The summed E-state index contributed by atoms with van der Waals surface area (Å²) in [4.78, 5) is 15.4. The Bertz CT molecular complexity index is 400. The summed E-state index contributed by atoms with van der Waals surface area (Å²) in [5.41, 5.74) is 0. The van der Waals surface area contributed by atoms with Crippen LogP contribution in [0.1, 0.15) is 24.6 Å². The number of carbonyl (C=O) groups excluding carboxylic acids is 1. The van der Waals surface area contributed by atoms with E-state index in [9.17, 15) is 4.79 Å². The fraction of sp³-hybridized carbons (Fsp3) is 0.667. The van der Waals surface area contributed by atoms with Crippen molar-refractivity contribution >= 4 is 17.4 Å². The van der Waals surface area contributed by atoms with Crippen molar-refractivity contribution in [3.05, 3.63) is 22.4 Å². The number of methoxy groups -OCH3 is 1. The third-order valence-electron chi connectivity index (χ3n) is 3.79. The fourth-order valence-corrected chi connectivity index (χ4v) is 3.38. The second kappa shape index (κ2) is 7.64. The molecule has 0 spiro atoms. The number of hydrogen-bond acceptors (Lipinski definition) is 3. The van der Waals surface area contributed by atoms with E-state index in [0.29, 0.717) is 12.0 Å². The summed E-state index contributed by atoms with van der Waals surface area (Å²) in [5, 5.41) is 5.15. The Labute approximate surface area is 125 Å². The Morgan fingerprint density at radius 1 is 1.55 bits per heavy atom. The first-order valence-corrected chi connectivity index (χ1v) is 8.15. The van der Waals surface area contributed by atoms with Crippen LogP contribution in [-0.2, 0) is 11.2 Å². The predicted octanol–water partition coefficient (Wildman–Crippen LogP) is 2.75. The summed E-state index contributed by atoms with van der Waals surface area (Å²) < 4.78 is 5.32. The molecule has 1 saturated heterocycles. The first-order valence-electron chi connectivity index (χ1n) is 7.27. The van der Waals surface area contributed by atoms with Crippen molar-refractivity contribution in [1.82, 2.24) is 10.2 Å². The van der Waals surface area contributed by atoms with Crippen molar-refractivity contribution in [1.29, 1.82) is 0 Å². The summed E-state index contributed by atoms with van der Waals surface area (Å²) >= 11 is 1.78. The van der Waals surface area contributed by atoms with E-state index < -0.39 is 0 Å². The Hall–Kier alpha value is -1.07. The monoisotopic (exact) mass is 296 g/mol. The maximum absolute atomic E-state index is 12.1. The third-order valence-corrected chi connectivity index (χ3v) is 4.69. The van der Waals surface area contributed by atoms with Gasteiger partial charge in [0.25, 0.3) is 0 Å². The number of rotatable bonds is 5. The summed E-state index contributed by atoms with van der Waals surface area (Å²) in [7, 11) is 1.74. The Morgan fingerprint density at radius 2 is 2.30 bits per heavy atom. The number of nitrogens with one attached hydrogen (secondary N) is 1. The van der Waals surface area contributed by atoms with Crippen molar-refractivity contribution in [2.75, 3.05) is 26.7 Å². The molecule has 2 amide bonds. The van der Waals surface area contributed by atoms with E-state index in [-0.39, 0.29) is 6.03 Å². The first kappa shape index (κ1) is 15.3. The van der Waals surface area contributed by atoms with E-state index in [0.717, 1.165) is 38.9 Å². The van der Waals surface area contributed by atoms with Gasteiger partial charge in [0.1, 0.15) is 0 Å². The molecule has 0 bridgehead atoms. The van der Waals surface area contributed by atoms with Gasteiger partial charge in [0.2, 0.25) is 0 Å². The molecule has 20 heavy (non-hydrogen) atoms. The second-order valence-electron chi connectivity index (χ2n) is 5.50. The van der Waals surface area contributed by atoms with Crippen LogP contribution in [0, 0.1) is 5.92 Å². The van der Waals surface area contributed by atoms with Gasteiger partial charge < -0.3 is 15.0 Å². The van der Waals surface area contributed by atoms with Crippen LogP contribution >= 0.6 is 11.3 Å². The van der Waals surface area contributed by atoms with Crippen molar-refractivity contribution < 1.29 is 9.53 Å². The number of amides is 2. The average molecular weight is 296 g/mol. The quantitative estimate of drug-likeness (QED) is 0.908. The van der Waals surface area contributed by atoms with Gasteiger partial charge in [-0.05, 0) is 36.6 Å². The van der Waals surface area contributed by atoms with Crippen molar-refractivity contribution in [3.8, 4) is 0 Å². The van der Waals surface area contributed by atoms with Gasteiger partial charge in [-0.25, -0.2) is 4.79 Å². The van der Waals surface area contributed by atoms with Gasteiger partial charge in [-0.3, -0.25) is 0 Å². The van der Waals surface area contributed by atoms with Crippen molar-refractivity contribution in [3.63, 3.8) is 0 Å². The normalized spacial score (nSPS) is 18.0. The number of urea groups is 1. The van der Waals surface area contributed by atoms with E-state index in [1.54, 1.807) is 18.4 Å². The molecule has 5 heteroatoms. The molecule has 1 N–H and O–H groups in total. The topological polar surface area (TPSA) is 41.6 Å². The van der Waals surface area contributed by atoms with Gasteiger partial charge in [-0.1, -0.05) is 13.0 Å². The highest BCUT2D eigenvalue weighted by Gasteiger charge is 2.22. The molecule has 1 aromatic heterocycles. The highest BCUT2D eigenvalue weighted by Crippen LogP contribution is 2.15. The summed E-state index contributed by atoms with van der Waals surface area (Å²) in [6.07, 6.45) is 3.23. The highest BCUT2D eigenvalue weighted by molar-refractivity contribution is 7.09. The number of nitrogens with zero attached hydrogens (tertiary/aromatic N) is 1. The van der Waals surface area contributed by atoms with Crippen LogP contribution in [0.2, 0.25) is 0 Å². The lowest BCUT2D eigenvalue weighted by atomic mass is 10.1. The Kier molecular flexibility index (Phi) is 5.86. The molecule has 2 rings (SSSR count). The van der Waals surface area contributed by atoms with Crippen LogP contribution in [0.3, 0.4) is 0 Å². The zero-order valence-corrected chi connectivity index (χ0v) is 13.1. The summed E-state index contributed by atoms with van der Waals surface area (Å²) in [5.74, 6) is 0.467. The van der Waals surface area contributed by atoms with E-state index in [1.165, 1.54) is 4.88 Å². The molecule has 1 atom stereocenters. The van der Waals surface area contributed by atoms with Crippen molar-refractivity contribution in [2.24, 2.45) is 5.92 Å². The van der Waals surface area contributed by atoms with Crippen LogP contribution in [0.15, 0.2) is 17.5 Å². The lowest BCUT2D eigenvalue weighted by Gasteiger charge is -2.31. The van der Waals surface area contributed by atoms with Crippen LogP contribution in [0.25, 0.3) is 0 Å². The number of carbonyl (C=O) groups is 1. The van der Waals surface area contributed by atoms with Gasteiger partial charge in [-0.15, -0.1) is 11.3 Å². The maximum Gasteiger partial charge on any atom is 0.317 e. The van der Waals surface area contributed by atoms with E-state index in [1.807, 2.05) is 4.90 Å². The largest absolute Gasteiger partial charge is 0.381 e. The maximum atomic E-state index is 12.1. The van der Waals surface area contributed by atoms with E-state index in [4.69, 9.17) is 4.74 Å². The molecule has 0 unspecified atom stereocenters. The smallest absolute Gasteiger partial charge is 0.317 e. The molecule has 4 nitrogen and oxygen atoms in total. The van der Waals surface area contributed by atoms with Gasteiger partial charge >= 0.3 is 6.03 Å². The molecule has 1 aliphatic heterocycles. The minimum Gasteiger partial charge on any atom is -0.381 e. The summed E-state index contributed by atoms with van der Waals surface area (Å²) in [6.45, 7) is 4.51. The molecule has 0 aliphatic carbocycles. The molecule has 0 radical (unpaired) electrons. The molecule has 1 aliphatic rings. The SMILES string of the molecule is COC1CCN(C(=O)NC[C@@H](C)Cc2cccs2)CC1. The number of ether oxygens (including phenoxy) is 1. The lowest BCUT2D eigenvalue weighted by molar-refractivity contribution is 0.0502. The number of hydrogen-bond donors (Lipinski definition) is 1. The minimum atomic E-state index is 0.0672. The molecule has 2 heterocycles. The minimum absolute atomic E-state index is 0.0672. The van der Waals surface area contributed by atoms with Gasteiger partial charge in [0.05, 0.1) is 6.10 Å². The van der Waals surface area contributed by atoms with Crippen LogP contribution in [0.5, 0.6) is 0 Å². The molecule has 1 aromatic rings. The summed E-state index contributed by atoms with van der Waals surface area (Å²) in [6, 6.07) is 4.29. The molecule has 1 fully saturated rings. The molecule has 0 saturated carbocycles. The van der Waals surface area contributed by atoms with Gasteiger partial charge in [-0.2, -0.15) is 0 Å². The second-order valence-corrected chi connectivity index (χ2v) is 6.53. The standard InChI is InChI=1S/C15H24N2O2S/c1-12(10-14-4-3-9-20-14)11-16-15(18)17-7-5-13(19-2)6-8-17/h3-4,9,12-13H,5-8,10-11H2,1-2H3,(H,16,18)/t12-/m0/s1. The molecular formula is C15H24N2O2S. The van der Waals surface area contributed by atoms with E-state index >= 15 is 0 Å². The molecular weight excluding hydrogens is 272 g/mol. The number of piperidine rings is 1. The lowest BCUT2D eigenvalue weighted by Crippen LogP contribution is -2.46. The predicted molar refractivity (Wildman–Crippen MR) is 82.2 cm³/mol. The zero-order chi connectivity index (χ0) is 14.4. The number of thiophene rings is 1.